The van der Waals surface area contributed by atoms with E-state index >= 15 is 0 Å². The van der Waals surface area contributed by atoms with Gasteiger partial charge in [0.2, 0.25) is 5.78 Å². The lowest BCUT2D eigenvalue weighted by molar-refractivity contribution is -0.384. The first-order valence-electron chi connectivity index (χ1n) is 9.40. The Kier molecular flexibility index (Phi) is 6.35. The molecule has 1 heterocycles. The summed E-state index contributed by atoms with van der Waals surface area (Å²) < 4.78 is 6.25. The highest BCUT2D eigenvalue weighted by Crippen LogP contribution is 2.17. The predicted octanol–water partition coefficient (Wildman–Crippen LogP) is 2.66. The Bertz CT molecular complexity index is 1240. The predicted molar refractivity (Wildman–Crippen MR) is 111 cm³/mol. The molecule has 1 aromatic heterocycles. The van der Waals surface area contributed by atoms with E-state index in [2.05, 4.69) is 4.74 Å². The van der Waals surface area contributed by atoms with E-state index < -0.39 is 34.3 Å². The van der Waals surface area contributed by atoms with E-state index in [1.54, 1.807) is 41.0 Å². The summed E-state index contributed by atoms with van der Waals surface area (Å²) in [4.78, 5) is 59.2. The van der Waals surface area contributed by atoms with Crippen molar-refractivity contribution in [1.29, 1.82) is 0 Å². The molecule has 9 nitrogen and oxygen atoms in total. The molecule has 158 valence electrons. The Hall–Kier alpha value is -4.14. The standard InChI is InChI=1S/C22H18N2O7/c1-2-31-22(28)20(26)11-19(25)17-13-23(18-6-4-3-5-16(18)21(17)27)12-14-7-9-15(10-8-14)24(29)30/h3-10,13H,2,11-12H2,1H3. The number of nitrogens with zero attached hydrogens (tertiary/aromatic N) is 2. The number of esters is 1. The van der Waals surface area contributed by atoms with Crippen LogP contribution in [0.5, 0.6) is 0 Å². The van der Waals surface area contributed by atoms with Gasteiger partial charge in [0.1, 0.15) is 0 Å². The van der Waals surface area contributed by atoms with Gasteiger partial charge in [-0.1, -0.05) is 24.3 Å². The van der Waals surface area contributed by atoms with Crippen LogP contribution in [-0.4, -0.2) is 33.6 Å². The molecule has 9 heteroatoms. The van der Waals surface area contributed by atoms with Gasteiger partial charge >= 0.3 is 5.97 Å². The van der Waals surface area contributed by atoms with Crippen molar-refractivity contribution in [2.75, 3.05) is 6.61 Å². The molecule has 0 amide bonds. The van der Waals surface area contributed by atoms with E-state index in [9.17, 15) is 29.3 Å². The van der Waals surface area contributed by atoms with Gasteiger partial charge in [-0.15, -0.1) is 0 Å². The fourth-order valence-corrected chi connectivity index (χ4v) is 3.12. The summed E-state index contributed by atoms with van der Waals surface area (Å²) in [5.41, 5.74) is 0.442. The van der Waals surface area contributed by atoms with Crippen molar-refractivity contribution in [2.24, 2.45) is 0 Å². The highest BCUT2D eigenvalue weighted by molar-refractivity contribution is 6.38. The number of ether oxygens (including phenoxy) is 1. The number of fused-ring (bicyclic) bond motifs is 1. The molecule has 0 radical (unpaired) electrons. The Morgan fingerprint density at radius 3 is 2.39 bits per heavy atom. The van der Waals surface area contributed by atoms with E-state index in [1.807, 2.05) is 0 Å². The number of ketones is 2. The van der Waals surface area contributed by atoms with Gasteiger partial charge in [0, 0.05) is 30.3 Å². The summed E-state index contributed by atoms with van der Waals surface area (Å²) in [6.45, 7) is 1.76. The third kappa shape index (κ3) is 4.72. The number of hydrogen-bond donors (Lipinski definition) is 0. The third-order valence-electron chi connectivity index (χ3n) is 4.61. The molecular formula is C22H18N2O7. The maximum absolute atomic E-state index is 12.8. The number of non-ortho nitro benzene ring substituents is 1. The van der Waals surface area contributed by atoms with Crippen LogP contribution in [0.4, 0.5) is 5.69 Å². The first kappa shape index (κ1) is 21.6. The fourth-order valence-electron chi connectivity index (χ4n) is 3.12. The molecule has 0 atom stereocenters. The molecule has 3 rings (SSSR count). The number of aromatic nitrogens is 1. The molecular weight excluding hydrogens is 404 g/mol. The van der Waals surface area contributed by atoms with Crippen molar-refractivity contribution >= 4 is 34.1 Å². The first-order valence-corrected chi connectivity index (χ1v) is 9.40. The zero-order valence-electron chi connectivity index (χ0n) is 16.6. The van der Waals surface area contributed by atoms with Crippen LogP contribution in [0.2, 0.25) is 0 Å². The van der Waals surface area contributed by atoms with E-state index in [0.717, 1.165) is 0 Å². The number of carbonyl (C=O) groups excluding carboxylic acids is 3. The van der Waals surface area contributed by atoms with Crippen molar-refractivity contribution in [2.45, 2.75) is 19.9 Å². The number of benzene rings is 2. The van der Waals surface area contributed by atoms with Crippen molar-refractivity contribution in [1.82, 2.24) is 4.57 Å². The van der Waals surface area contributed by atoms with Crippen LogP contribution in [0.15, 0.2) is 59.5 Å². The Balaban J connectivity index is 2.00. The van der Waals surface area contributed by atoms with E-state index in [0.29, 0.717) is 11.1 Å². The molecule has 0 N–H and O–H groups in total. The molecule has 0 fully saturated rings. The number of Topliss-reactive ketones (excluding diaryl/α,β-unsaturated/α-hetero) is 2. The molecule has 0 spiro atoms. The van der Waals surface area contributed by atoms with Crippen LogP contribution in [0.25, 0.3) is 10.9 Å². The minimum atomic E-state index is -1.12. The van der Waals surface area contributed by atoms with Crippen molar-refractivity contribution in [3.05, 3.63) is 86.2 Å². The van der Waals surface area contributed by atoms with Gasteiger partial charge in [-0.2, -0.15) is 0 Å². The summed E-state index contributed by atoms with van der Waals surface area (Å²) in [6, 6.07) is 12.5. The van der Waals surface area contributed by atoms with Crippen molar-refractivity contribution < 1.29 is 24.0 Å². The number of nitro benzene ring substituents is 1. The number of rotatable bonds is 8. The second-order valence-corrected chi connectivity index (χ2v) is 6.68. The summed E-state index contributed by atoms with van der Waals surface area (Å²) >= 11 is 0. The van der Waals surface area contributed by atoms with Gasteiger partial charge in [-0.25, -0.2) is 4.79 Å². The van der Waals surface area contributed by atoms with Gasteiger partial charge in [-0.3, -0.25) is 24.5 Å². The van der Waals surface area contributed by atoms with Gasteiger partial charge in [0.25, 0.3) is 5.69 Å². The number of pyridine rings is 1. The molecule has 3 aromatic rings. The van der Waals surface area contributed by atoms with Crippen LogP contribution >= 0.6 is 0 Å². The van der Waals surface area contributed by atoms with Gasteiger partial charge < -0.3 is 9.30 Å². The summed E-state index contributed by atoms with van der Waals surface area (Å²) in [7, 11) is 0. The molecule has 0 aliphatic heterocycles. The monoisotopic (exact) mass is 422 g/mol. The van der Waals surface area contributed by atoms with Crippen LogP contribution < -0.4 is 5.43 Å². The lowest BCUT2D eigenvalue weighted by Crippen LogP contribution is -2.25. The largest absolute Gasteiger partial charge is 0.460 e. The van der Waals surface area contributed by atoms with Gasteiger partial charge in [0.05, 0.1) is 29.0 Å². The maximum atomic E-state index is 12.8. The Labute approximate surface area is 176 Å². The first-order chi connectivity index (χ1) is 14.8. The van der Waals surface area contributed by atoms with Gasteiger partial charge in [-0.05, 0) is 24.6 Å². The number of para-hydroxylation sites is 1. The maximum Gasteiger partial charge on any atom is 0.375 e. The molecule has 0 unspecified atom stereocenters. The minimum Gasteiger partial charge on any atom is -0.460 e. The normalized spacial score (nSPS) is 10.6. The average molecular weight is 422 g/mol. The van der Waals surface area contributed by atoms with Crippen LogP contribution in [-0.2, 0) is 20.9 Å². The van der Waals surface area contributed by atoms with Crippen molar-refractivity contribution in [3.8, 4) is 0 Å². The van der Waals surface area contributed by atoms with Gasteiger partial charge in [0.15, 0.2) is 11.2 Å². The van der Waals surface area contributed by atoms with Crippen LogP contribution in [0, 0.1) is 10.1 Å². The van der Waals surface area contributed by atoms with E-state index in [-0.39, 0.29) is 29.8 Å². The zero-order valence-corrected chi connectivity index (χ0v) is 16.6. The lowest BCUT2D eigenvalue weighted by atomic mass is 10.0. The Morgan fingerprint density at radius 2 is 1.74 bits per heavy atom. The quantitative estimate of drug-likeness (QED) is 0.136. The smallest absolute Gasteiger partial charge is 0.375 e. The summed E-state index contributed by atoms with van der Waals surface area (Å²) in [6.07, 6.45) is 0.566. The van der Waals surface area contributed by atoms with Crippen LogP contribution in [0.3, 0.4) is 0 Å². The fraction of sp³-hybridized carbons (Fsp3) is 0.182. The SMILES string of the molecule is CCOC(=O)C(=O)CC(=O)c1cn(Cc2ccc([N+](=O)[O-])cc2)c2ccccc2c1=O. The number of hydrogen-bond acceptors (Lipinski definition) is 7. The molecule has 0 aliphatic rings. The van der Waals surface area contributed by atoms with Crippen LogP contribution in [0.1, 0.15) is 29.3 Å². The van der Waals surface area contributed by atoms with E-state index in [4.69, 9.17) is 0 Å². The summed E-state index contributed by atoms with van der Waals surface area (Å²) in [5.74, 6) is -2.93. The molecule has 2 aromatic carbocycles. The molecule has 0 saturated carbocycles. The highest BCUT2D eigenvalue weighted by atomic mass is 16.6. The average Bonchev–Trinajstić information content (AvgIpc) is 2.76. The summed E-state index contributed by atoms with van der Waals surface area (Å²) in [5, 5.41) is 11.1. The molecule has 0 saturated heterocycles. The molecule has 0 bridgehead atoms. The second-order valence-electron chi connectivity index (χ2n) is 6.68. The third-order valence-corrected chi connectivity index (χ3v) is 4.61. The van der Waals surface area contributed by atoms with Crippen molar-refractivity contribution in [3.63, 3.8) is 0 Å². The number of nitro groups is 1. The minimum absolute atomic E-state index is 0.00319. The Morgan fingerprint density at radius 1 is 1.06 bits per heavy atom. The molecule has 0 aliphatic carbocycles. The van der Waals surface area contributed by atoms with E-state index in [1.165, 1.54) is 25.3 Å². The number of carbonyl (C=O) groups is 3. The topological polar surface area (TPSA) is 126 Å². The molecule has 31 heavy (non-hydrogen) atoms. The zero-order chi connectivity index (χ0) is 22.5. The highest BCUT2D eigenvalue weighted by Gasteiger charge is 2.23. The second kappa shape index (κ2) is 9.12. The lowest BCUT2D eigenvalue weighted by Gasteiger charge is -2.13.